The van der Waals surface area contributed by atoms with E-state index in [9.17, 15) is 38.2 Å². The van der Waals surface area contributed by atoms with Crippen molar-refractivity contribution in [1.82, 2.24) is 24.4 Å². The quantitative estimate of drug-likeness (QED) is 0.197. The summed E-state index contributed by atoms with van der Waals surface area (Å²) >= 11 is 0. The molecule has 3 atom stereocenters. The summed E-state index contributed by atoms with van der Waals surface area (Å²) in [5.74, 6) is -12.2. The van der Waals surface area contributed by atoms with Gasteiger partial charge < -0.3 is 20.4 Å². The van der Waals surface area contributed by atoms with Crippen molar-refractivity contribution in [1.29, 1.82) is 0 Å². The number of halogens is 6. The Hall–Kier alpha value is -6.56. The smallest absolute Gasteiger partial charge is 0.341 e. The van der Waals surface area contributed by atoms with Crippen LogP contribution in [-0.4, -0.2) is 60.4 Å². The van der Waals surface area contributed by atoms with Gasteiger partial charge in [-0.3, -0.25) is 18.7 Å². The second kappa shape index (κ2) is 12.0. The summed E-state index contributed by atoms with van der Waals surface area (Å²) in [6.45, 7) is 0.772. The second-order valence-corrected chi connectivity index (χ2v) is 12.5. The minimum absolute atomic E-state index is 0.249. The number of benzene rings is 2. The summed E-state index contributed by atoms with van der Waals surface area (Å²) in [7, 11) is 0. The van der Waals surface area contributed by atoms with E-state index in [1.807, 2.05) is 0 Å². The average Bonchev–Trinajstić information content (AvgIpc) is 3.53. The van der Waals surface area contributed by atoms with Crippen LogP contribution in [-0.2, 0) is 0 Å². The van der Waals surface area contributed by atoms with Gasteiger partial charge in [-0.1, -0.05) is 0 Å². The monoisotopic (exact) mass is 734 g/mol. The molecule has 18 heteroatoms. The first kappa shape index (κ1) is 33.6. The third-order valence-electron chi connectivity index (χ3n) is 9.43. The average molecular weight is 735 g/mol. The molecule has 12 nitrogen and oxygen atoms in total. The van der Waals surface area contributed by atoms with Crippen molar-refractivity contribution < 1.29 is 46.1 Å². The number of fused-ring (bicyclic) bond motifs is 3. The van der Waals surface area contributed by atoms with Gasteiger partial charge in [-0.2, -0.15) is 0 Å². The van der Waals surface area contributed by atoms with Crippen LogP contribution in [0.1, 0.15) is 20.7 Å². The summed E-state index contributed by atoms with van der Waals surface area (Å²) < 4.78 is 92.5. The molecule has 8 rings (SSSR count). The maximum Gasteiger partial charge on any atom is 0.341 e. The van der Waals surface area contributed by atoms with Gasteiger partial charge in [0.1, 0.15) is 34.4 Å². The molecule has 3 N–H and O–H groups in total. The van der Waals surface area contributed by atoms with Crippen molar-refractivity contribution in [2.75, 3.05) is 18.0 Å². The van der Waals surface area contributed by atoms with E-state index in [4.69, 9.17) is 0 Å². The van der Waals surface area contributed by atoms with Crippen LogP contribution < -0.4 is 21.1 Å². The first-order valence-corrected chi connectivity index (χ1v) is 15.6. The molecule has 6 aromatic rings. The molecule has 1 saturated carbocycles. The van der Waals surface area contributed by atoms with Gasteiger partial charge in [0.25, 0.3) is 0 Å². The minimum atomic E-state index is -1.74. The highest BCUT2D eigenvalue weighted by atomic mass is 19.2. The van der Waals surface area contributed by atoms with E-state index in [2.05, 4.69) is 15.3 Å². The van der Waals surface area contributed by atoms with Crippen LogP contribution in [0.3, 0.4) is 0 Å². The molecule has 0 spiro atoms. The maximum absolute atomic E-state index is 16.4. The normalized spacial score (nSPS) is 17.7. The zero-order valence-electron chi connectivity index (χ0n) is 26.5. The molecule has 0 amide bonds. The predicted molar refractivity (Wildman–Crippen MR) is 174 cm³/mol. The molecule has 1 aliphatic heterocycles. The fourth-order valence-electron chi connectivity index (χ4n) is 6.94. The Morgan fingerprint density at radius 3 is 1.45 bits per heavy atom. The number of anilines is 2. The fourth-order valence-corrected chi connectivity index (χ4v) is 6.94. The Bertz CT molecular complexity index is 2560. The van der Waals surface area contributed by atoms with E-state index >= 15 is 17.6 Å². The van der Waals surface area contributed by atoms with Gasteiger partial charge in [0.05, 0.1) is 22.1 Å². The summed E-state index contributed by atoms with van der Waals surface area (Å²) in [5, 5.41) is 21.3. The number of hydrogen-bond acceptors (Lipinski definition) is 8. The number of piperidine rings is 1. The van der Waals surface area contributed by atoms with Crippen molar-refractivity contribution >= 4 is 45.6 Å². The molecular formula is C35H20F6N6O6. The van der Waals surface area contributed by atoms with Crippen molar-refractivity contribution in [3.05, 3.63) is 127 Å². The number of carboxylic acids is 2. The number of hydrogen-bond donors (Lipinski definition) is 3. The molecule has 268 valence electrons. The SMILES string of the molecule is O=C(O)c1cn(-c2ccc(F)cc2F)c2nc(N(c3nc4c(cc3F)c(=O)c(C(=O)O)cn4-c3ccc(F)cc3F)C3C4CNC[C@H]43)c(F)cc2c1=O. The van der Waals surface area contributed by atoms with Crippen LogP contribution in [0.2, 0.25) is 0 Å². The second-order valence-electron chi connectivity index (χ2n) is 12.5. The van der Waals surface area contributed by atoms with Gasteiger partial charge in [0, 0.05) is 43.7 Å². The van der Waals surface area contributed by atoms with E-state index in [-0.39, 0.29) is 11.8 Å². The highest BCUT2D eigenvalue weighted by Gasteiger charge is 2.58. The lowest BCUT2D eigenvalue weighted by Crippen LogP contribution is -2.32. The molecule has 2 unspecified atom stereocenters. The zero-order chi connectivity index (χ0) is 37.6. The van der Waals surface area contributed by atoms with Gasteiger partial charge in [0.2, 0.25) is 10.9 Å². The molecule has 0 radical (unpaired) electrons. The first-order valence-electron chi connectivity index (χ1n) is 15.6. The van der Waals surface area contributed by atoms with E-state index in [0.717, 1.165) is 50.7 Å². The Morgan fingerprint density at radius 2 is 1.08 bits per heavy atom. The first-order chi connectivity index (χ1) is 25.2. The van der Waals surface area contributed by atoms with Gasteiger partial charge in [-0.15, -0.1) is 0 Å². The van der Waals surface area contributed by atoms with E-state index in [1.165, 1.54) is 0 Å². The number of aromatic nitrogens is 4. The van der Waals surface area contributed by atoms with Crippen LogP contribution in [0.4, 0.5) is 38.0 Å². The van der Waals surface area contributed by atoms with Crippen molar-refractivity contribution in [3.8, 4) is 11.4 Å². The summed E-state index contributed by atoms with van der Waals surface area (Å²) in [5.41, 5.74) is -6.15. The molecule has 0 bridgehead atoms. The summed E-state index contributed by atoms with van der Waals surface area (Å²) in [4.78, 5) is 60.1. The van der Waals surface area contributed by atoms with Crippen LogP contribution in [0.15, 0.2) is 70.5 Å². The molecule has 2 fully saturated rings. The standard InChI is InChI=1S/C35H20F6N6O6/c36-13-1-3-25(21(38)5-13)45-11-19(34(50)51)28(48)15-7-23(40)32(43-30(15)45)47(27-17-9-42-10-18(17)27)33-24(41)8-16-29(49)20(35(52)53)12-46(31(16)44-33)26-4-2-14(37)6-22(26)39/h1-8,11-12,17-18,27,42H,9-10H2,(H,50,51)(H,52,53)/t17-,18?,27?/m1/s1. The molecule has 1 saturated heterocycles. The van der Waals surface area contributed by atoms with Crippen LogP contribution >= 0.6 is 0 Å². The van der Waals surface area contributed by atoms with Crippen LogP contribution in [0, 0.1) is 46.7 Å². The summed E-state index contributed by atoms with van der Waals surface area (Å²) in [6, 6.07) is 5.08. The van der Waals surface area contributed by atoms with Gasteiger partial charge in [0.15, 0.2) is 34.6 Å². The number of pyridine rings is 4. The molecule has 4 aromatic heterocycles. The molecule has 1 aliphatic carbocycles. The lowest BCUT2D eigenvalue weighted by atomic mass is 10.1. The number of aromatic carboxylic acids is 2. The number of rotatable bonds is 7. The molecule has 53 heavy (non-hydrogen) atoms. The Kier molecular flexibility index (Phi) is 7.61. The number of nitrogens with one attached hydrogen (secondary N) is 1. The molecule has 2 aromatic carbocycles. The lowest BCUT2D eigenvalue weighted by Gasteiger charge is -2.27. The molecule has 5 heterocycles. The van der Waals surface area contributed by atoms with E-state index in [1.54, 1.807) is 0 Å². The Morgan fingerprint density at radius 1 is 0.660 bits per heavy atom. The summed E-state index contributed by atoms with van der Waals surface area (Å²) in [6.07, 6.45) is 1.45. The van der Waals surface area contributed by atoms with Crippen LogP contribution in [0.25, 0.3) is 33.4 Å². The zero-order valence-corrected chi connectivity index (χ0v) is 26.5. The van der Waals surface area contributed by atoms with Gasteiger partial charge >= 0.3 is 11.9 Å². The molecular weight excluding hydrogens is 714 g/mol. The number of carboxylic acid groups (broad SMARTS) is 2. The third-order valence-corrected chi connectivity index (χ3v) is 9.43. The van der Waals surface area contributed by atoms with Crippen molar-refractivity contribution in [2.45, 2.75) is 6.04 Å². The van der Waals surface area contributed by atoms with Crippen LogP contribution in [0.5, 0.6) is 0 Å². The number of nitrogens with zero attached hydrogens (tertiary/aromatic N) is 5. The van der Waals surface area contributed by atoms with E-state index in [0.29, 0.717) is 37.4 Å². The van der Waals surface area contributed by atoms with Crippen molar-refractivity contribution in [3.63, 3.8) is 0 Å². The highest BCUT2D eigenvalue weighted by molar-refractivity contribution is 5.94. The van der Waals surface area contributed by atoms with E-state index < -0.39 is 120 Å². The highest BCUT2D eigenvalue weighted by Crippen LogP contribution is 2.50. The fraction of sp³-hybridized carbons (Fsp3) is 0.143. The van der Waals surface area contributed by atoms with Gasteiger partial charge in [-0.25, -0.2) is 45.9 Å². The van der Waals surface area contributed by atoms with Gasteiger partial charge in [-0.05, 0) is 48.2 Å². The Labute approximate surface area is 290 Å². The van der Waals surface area contributed by atoms with Crippen molar-refractivity contribution in [2.24, 2.45) is 11.8 Å². The predicted octanol–water partition coefficient (Wildman–Crippen LogP) is 4.67. The lowest BCUT2D eigenvalue weighted by molar-refractivity contribution is 0.0684. The number of carbonyl (C=O) groups is 2. The maximum atomic E-state index is 16.4. The topological polar surface area (TPSA) is 160 Å². The third kappa shape index (κ3) is 5.28. The largest absolute Gasteiger partial charge is 0.477 e. The minimum Gasteiger partial charge on any atom is -0.477 e. The Balaban J connectivity index is 1.43. The molecule has 2 aliphatic rings.